The van der Waals surface area contributed by atoms with Crippen molar-refractivity contribution in [2.45, 2.75) is 45.6 Å². The molecule has 2 unspecified atom stereocenters. The van der Waals surface area contributed by atoms with Gasteiger partial charge < -0.3 is 15.8 Å². The molecular formula is C16H25ClN2O2. The van der Waals surface area contributed by atoms with E-state index in [0.717, 1.165) is 42.7 Å². The van der Waals surface area contributed by atoms with Gasteiger partial charge in [-0.25, -0.2) is 0 Å². The number of carbonyl (C=O) groups excluding carboxylic acids is 1. The molecule has 1 aromatic carbocycles. The number of carbonyl (C=O) groups is 1. The van der Waals surface area contributed by atoms with Crippen LogP contribution in [0.5, 0.6) is 5.75 Å². The van der Waals surface area contributed by atoms with Crippen LogP contribution in [0, 0.1) is 12.8 Å². The standard InChI is InChI=1S/C16H24N2O2.ClH/c1-3-8-20-15-9-11(2)4-7-14(15)18-16(19)12-5-6-13(17)10-12;/h4,7,9,12-13H,3,5-6,8,10,17H2,1-2H3,(H,18,19);1H. The van der Waals surface area contributed by atoms with Crippen molar-refractivity contribution in [2.75, 3.05) is 11.9 Å². The van der Waals surface area contributed by atoms with Gasteiger partial charge in [0.2, 0.25) is 5.91 Å². The Morgan fingerprint density at radius 1 is 1.43 bits per heavy atom. The molecule has 0 bridgehead atoms. The number of hydrogen-bond acceptors (Lipinski definition) is 3. The molecule has 0 saturated heterocycles. The average Bonchev–Trinajstić information content (AvgIpc) is 2.85. The molecule has 1 amide bonds. The second kappa shape index (κ2) is 8.25. The molecule has 1 aliphatic rings. The highest BCUT2D eigenvalue weighted by Gasteiger charge is 2.28. The van der Waals surface area contributed by atoms with Gasteiger partial charge in [-0.05, 0) is 50.3 Å². The summed E-state index contributed by atoms with van der Waals surface area (Å²) in [6, 6.07) is 6.02. The molecule has 1 saturated carbocycles. The fraction of sp³-hybridized carbons (Fsp3) is 0.562. The van der Waals surface area contributed by atoms with Crippen molar-refractivity contribution in [3.05, 3.63) is 23.8 Å². The first-order valence-electron chi connectivity index (χ1n) is 7.40. The van der Waals surface area contributed by atoms with Crippen LogP contribution in [-0.4, -0.2) is 18.6 Å². The van der Waals surface area contributed by atoms with Gasteiger partial charge in [0.05, 0.1) is 12.3 Å². The van der Waals surface area contributed by atoms with E-state index in [1.165, 1.54) is 0 Å². The Labute approximate surface area is 132 Å². The Kier molecular flexibility index (Phi) is 6.99. The molecule has 2 atom stereocenters. The molecule has 4 nitrogen and oxygen atoms in total. The number of amides is 1. The number of nitrogens with two attached hydrogens (primary N) is 1. The van der Waals surface area contributed by atoms with Crippen molar-refractivity contribution in [2.24, 2.45) is 11.7 Å². The average molecular weight is 313 g/mol. The fourth-order valence-electron chi connectivity index (χ4n) is 2.55. The molecule has 0 aliphatic heterocycles. The molecule has 5 heteroatoms. The van der Waals surface area contributed by atoms with Crippen molar-refractivity contribution in [3.8, 4) is 5.75 Å². The third-order valence-corrected chi connectivity index (χ3v) is 3.70. The second-order valence-corrected chi connectivity index (χ2v) is 5.61. The lowest BCUT2D eigenvalue weighted by Gasteiger charge is -2.15. The maximum atomic E-state index is 12.2. The molecule has 0 aromatic heterocycles. The van der Waals surface area contributed by atoms with E-state index in [1.807, 2.05) is 25.1 Å². The predicted octanol–water partition coefficient (Wildman–Crippen LogP) is 3.27. The highest BCUT2D eigenvalue weighted by atomic mass is 35.5. The topological polar surface area (TPSA) is 64.3 Å². The van der Waals surface area contributed by atoms with E-state index in [-0.39, 0.29) is 30.3 Å². The summed E-state index contributed by atoms with van der Waals surface area (Å²) in [6.07, 6.45) is 3.54. The van der Waals surface area contributed by atoms with Crippen molar-refractivity contribution >= 4 is 24.0 Å². The summed E-state index contributed by atoms with van der Waals surface area (Å²) in [6.45, 7) is 4.73. The maximum Gasteiger partial charge on any atom is 0.227 e. The summed E-state index contributed by atoms with van der Waals surface area (Å²) in [5.74, 6) is 0.843. The zero-order chi connectivity index (χ0) is 14.5. The van der Waals surface area contributed by atoms with Gasteiger partial charge in [0.25, 0.3) is 0 Å². The van der Waals surface area contributed by atoms with E-state index in [4.69, 9.17) is 10.5 Å². The minimum absolute atomic E-state index is 0. The molecule has 21 heavy (non-hydrogen) atoms. The third-order valence-electron chi connectivity index (χ3n) is 3.70. The van der Waals surface area contributed by atoms with Crippen molar-refractivity contribution < 1.29 is 9.53 Å². The number of aryl methyl sites for hydroxylation is 1. The Balaban J connectivity index is 0.00000220. The first kappa shape index (κ1) is 17.8. The lowest BCUT2D eigenvalue weighted by Crippen LogP contribution is -2.23. The smallest absolute Gasteiger partial charge is 0.227 e. The Morgan fingerprint density at radius 3 is 2.81 bits per heavy atom. The second-order valence-electron chi connectivity index (χ2n) is 5.61. The van der Waals surface area contributed by atoms with Crippen LogP contribution < -0.4 is 15.8 Å². The molecule has 1 aromatic rings. The van der Waals surface area contributed by atoms with Crippen LogP contribution >= 0.6 is 12.4 Å². The van der Waals surface area contributed by atoms with Crippen LogP contribution in [0.15, 0.2) is 18.2 Å². The van der Waals surface area contributed by atoms with Crippen LogP contribution in [0.1, 0.15) is 38.2 Å². The molecule has 1 fully saturated rings. The Morgan fingerprint density at radius 2 is 2.19 bits per heavy atom. The van der Waals surface area contributed by atoms with E-state index in [2.05, 4.69) is 12.2 Å². The number of hydrogen-bond donors (Lipinski definition) is 2. The maximum absolute atomic E-state index is 12.2. The van der Waals surface area contributed by atoms with E-state index in [1.54, 1.807) is 0 Å². The summed E-state index contributed by atoms with van der Waals surface area (Å²) in [4.78, 5) is 12.2. The largest absolute Gasteiger partial charge is 0.491 e. The minimum atomic E-state index is 0. The fourth-order valence-corrected chi connectivity index (χ4v) is 2.55. The summed E-state index contributed by atoms with van der Waals surface area (Å²) in [5.41, 5.74) is 7.75. The van der Waals surface area contributed by atoms with Crippen molar-refractivity contribution in [1.82, 2.24) is 0 Å². The molecule has 2 rings (SSSR count). The minimum Gasteiger partial charge on any atom is -0.491 e. The van der Waals surface area contributed by atoms with Gasteiger partial charge in [-0.3, -0.25) is 4.79 Å². The SMILES string of the molecule is CCCOc1cc(C)ccc1NC(=O)C1CCC(N)C1.Cl. The number of ether oxygens (including phenoxy) is 1. The molecular weight excluding hydrogens is 288 g/mol. The number of rotatable bonds is 5. The lowest BCUT2D eigenvalue weighted by molar-refractivity contribution is -0.119. The lowest BCUT2D eigenvalue weighted by atomic mass is 10.1. The Bertz CT molecular complexity index is 479. The van der Waals surface area contributed by atoms with Crippen LogP contribution in [0.2, 0.25) is 0 Å². The van der Waals surface area contributed by atoms with Gasteiger partial charge in [0, 0.05) is 12.0 Å². The molecule has 3 N–H and O–H groups in total. The van der Waals surface area contributed by atoms with Crippen molar-refractivity contribution in [1.29, 1.82) is 0 Å². The molecule has 0 spiro atoms. The number of benzene rings is 1. The zero-order valence-electron chi connectivity index (χ0n) is 12.7. The monoisotopic (exact) mass is 312 g/mol. The molecule has 118 valence electrons. The van der Waals surface area contributed by atoms with Gasteiger partial charge in [-0.2, -0.15) is 0 Å². The van der Waals surface area contributed by atoms with Gasteiger partial charge in [-0.1, -0.05) is 13.0 Å². The van der Waals surface area contributed by atoms with Crippen LogP contribution in [0.4, 0.5) is 5.69 Å². The van der Waals surface area contributed by atoms with Crippen LogP contribution in [0.25, 0.3) is 0 Å². The predicted molar refractivity (Wildman–Crippen MR) is 88.2 cm³/mol. The third kappa shape index (κ3) is 4.90. The quantitative estimate of drug-likeness (QED) is 0.877. The first-order valence-corrected chi connectivity index (χ1v) is 7.40. The van der Waals surface area contributed by atoms with Crippen molar-refractivity contribution in [3.63, 3.8) is 0 Å². The first-order chi connectivity index (χ1) is 9.60. The molecule has 1 aliphatic carbocycles. The summed E-state index contributed by atoms with van der Waals surface area (Å²) in [7, 11) is 0. The Hall–Kier alpha value is -1.26. The highest BCUT2D eigenvalue weighted by molar-refractivity contribution is 5.94. The highest BCUT2D eigenvalue weighted by Crippen LogP contribution is 2.29. The van der Waals surface area contributed by atoms with E-state index in [0.29, 0.717) is 6.61 Å². The van der Waals surface area contributed by atoms with E-state index < -0.39 is 0 Å². The number of anilines is 1. The zero-order valence-corrected chi connectivity index (χ0v) is 13.5. The van der Waals surface area contributed by atoms with Gasteiger partial charge >= 0.3 is 0 Å². The molecule has 0 radical (unpaired) electrons. The summed E-state index contributed by atoms with van der Waals surface area (Å²) < 4.78 is 5.71. The van der Waals surface area contributed by atoms with Crippen LogP contribution in [0.3, 0.4) is 0 Å². The van der Waals surface area contributed by atoms with Gasteiger partial charge in [-0.15, -0.1) is 12.4 Å². The number of nitrogens with one attached hydrogen (secondary N) is 1. The van der Waals surface area contributed by atoms with E-state index in [9.17, 15) is 4.79 Å². The normalized spacial score (nSPS) is 20.7. The number of halogens is 1. The van der Waals surface area contributed by atoms with Crippen LogP contribution in [-0.2, 0) is 4.79 Å². The summed E-state index contributed by atoms with van der Waals surface area (Å²) >= 11 is 0. The van der Waals surface area contributed by atoms with E-state index >= 15 is 0 Å². The van der Waals surface area contributed by atoms with Gasteiger partial charge in [0.15, 0.2) is 0 Å². The summed E-state index contributed by atoms with van der Waals surface area (Å²) in [5, 5.41) is 2.99. The molecule has 0 heterocycles. The van der Waals surface area contributed by atoms with Gasteiger partial charge in [0.1, 0.15) is 5.75 Å².